The number of anilines is 1. The molecule has 2 aromatic carbocycles. The van der Waals surface area contributed by atoms with Crippen molar-refractivity contribution in [1.82, 2.24) is 4.90 Å². The van der Waals surface area contributed by atoms with Gasteiger partial charge in [-0.2, -0.15) is 0 Å². The third kappa shape index (κ3) is 3.59. The predicted molar refractivity (Wildman–Crippen MR) is 97.6 cm³/mol. The molecule has 27 heavy (non-hydrogen) atoms. The van der Waals surface area contributed by atoms with Crippen LogP contribution in [-0.4, -0.2) is 43.3 Å². The fourth-order valence-electron chi connectivity index (χ4n) is 3.47. The Balaban J connectivity index is 1.47. The number of ether oxygens (including phenoxy) is 3. The van der Waals surface area contributed by atoms with Crippen LogP contribution in [0.25, 0.3) is 0 Å². The number of amides is 1. The van der Waals surface area contributed by atoms with E-state index in [0.29, 0.717) is 30.2 Å². The molecule has 1 amide bonds. The van der Waals surface area contributed by atoms with Gasteiger partial charge in [0, 0.05) is 18.3 Å². The molecule has 2 aliphatic heterocycles. The first-order valence-electron chi connectivity index (χ1n) is 8.72. The molecule has 0 unspecified atom stereocenters. The normalized spacial score (nSPS) is 17.9. The van der Waals surface area contributed by atoms with E-state index in [1.54, 1.807) is 18.2 Å². The van der Waals surface area contributed by atoms with E-state index in [4.69, 9.17) is 14.2 Å². The van der Waals surface area contributed by atoms with Crippen LogP contribution >= 0.6 is 0 Å². The molecule has 4 rings (SSSR count). The minimum Gasteiger partial charge on any atom is -0.468 e. The highest BCUT2D eigenvalue weighted by molar-refractivity contribution is 5.93. The van der Waals surface area contributed by atoms with Crippen molar-refractivity contribution in [2.45, 2.75) is 19.0 Å². The zero-order valence-corrected chi connectivity index (χ0v) is 14.9. The number of fused-ring (bicyclic) bond motifs is 2. The third-order valence-electron chi connectivity index (χ3n) is 4.82. The lowest BCUT2D eigenvalue weighted by molar-refractivity contribution is -0.148. The third-order valence-corrected chi connectivity index (χ3v) is 4.82. The number of hydrogen-bond acceptors (Lipinski definition) is 6. The molecule has 0 aromatic heterocycles. The van der Waals surface area contributed by atoms with E-state index >= 15 is 0 Å². The second kappa shape index (κ2) is 7.28. The maximum atomic E-state index is 12.6. The van der Waals surface area contributed by atoms with Gasteiger partial charge in [0.05, 0.1) is 13.7 Å². The lowest BCUT2D eigenvalue weighted by Crippen LogP contribution is -2.49. The minimum absolute atomic E-state index is 0.0859. The van der Waals surface area contributed by atoms with E-state index in [0.717, 1.165) is 11.1 Å². The quantitative estimate of drug-likeness (QED) is 0.832. The van der Waals surface area contributed by atoms with Gasteiger partial charge in [-0.25, -0.2) is 0 Å². The van der Waals surface area contributed by atoms with Gasteiger partial charge in [0.15, 0.2) is 11.5 Å². The van der Waals surface area contributed by atoms with Crippen LogP contribution in [0.15, 0.2) is 42.5 Å². The molecule has 140 valence electrons. The molecule has 1 N–H and O–H groups in total. The summed E-state index contributed by atoms with van der Waals surface area (Å²) in [7, 11) is 1.37. The van der Waals surface area contributed by atoms with E-state index in [2.05, 4.69) is 5.32 Å². The van der Waals surface area contributed by atoms with Crippen LogP contribution in [0.5, 0.6) is 11.5 Å². The van der Waals surface area contributed by atoms with Crippen molar-refractivity contribution in [3.05, 3.63) is 53.6 Å². The number of methoxy groups -OCH3 is 1. The summed E-state index contributed by atoms with van der Waals surface area (Å²) in [5, 5.41) is 2.85. The van der Waals surface area contributed by atoms with Gasteiger partial charge in [0.1, 0.15) is 6.04 Å². The zero-order chi connectivity index (χ0) is 18.8. The van der Waals surface area contributed by atoms with Crippen LogP contribution in [0.3, 0.4) is 0 Å². The van der Waals surface area contributed by atoms with E-state index in [-0.39, 0.29) is 25.2 Å². The summed E-state index contributed by atoms with van der Waals surface area (Å²) in [6, 6.07) is 12.7. The summed E-state index contributed by atoms with van der Waals surface area (Å²) in [6.07, 6.45) is 0.528. The zero-order valence-electron chi connectivity index (χ0n) is 14.9. The van der Waals surface area contributed by atoms with Crippen molar-refractivity contribution in [2.75, 3.05) is 25.8 Å². The van der Waals surface area contributed by atoms with Gasteiger partial charge >= 0.3 is 5.97 Å². The highest BCUT2D eigenvalue weighted by atomic mass is 16.7. The Bertz CT molecular complexity index is 882. The number of rotatable bonds is 4. The molecule has 0 fully saturated rings. The Kier molecular flexibility index (Phi) is 4.68. The number of esters is 1. The number of nitrogens with one attached hydrogen (secondary N) is 1. The van der Waals surface area contributed by atoms with Crippen molar-refractivity contribution in [3.8, 4) is 11.5 Å². The summed E-state index contributed by atoms with van der Waals surface area (Å²) in [5.74, 6) is 0.723. The number of benzene rings is 2. The highest BCUT2D eigenvalue weighted by Crippen LogP contribution is 2.34. The molecule has 2 heterocycles. The molecule has 2 aliphatic rings. The topological polar surface area (TPSA) is 77.1 Å². The summed E-state index contributed by atoms with van der Waals surface area (Å²) in [5.41, 5.74) is 2.85. The van der Waals surface area contributed by atoms with E-state index in [1.807, 2.05) is 29.2 Å². The first kappa shape index (κ1) is 17.4. The Morgan fingerprint density at radius 1 is 1.15 bits per heavy atom. The minimum atomic E-state index is -0.479. The maximum Gasteiger partial charge on any atom is 0.323 e. The fourth-order valence-corrected chi connectivity index (χ4v) is 3.47. The van der Waals surface area contributed by atoms with Crippen molar-refractivity contribution < 1.29 is 23.8 Å². The molecule has 0 radical (unpaired) electrons. The molecule has 1 atom stereocenters. The second-order valence-electron chi connectivity index (χ2n) is 6.53. The second-order valence-corrected chi connectivity index (χ2v) is 6.53. The summed E-state index contributed by atoms with van der Waals surface area (Å²) in [4.78, 5) is 26.6. The SMILES string of the molecule is COC(=O)[C@H]1Cc2ccccc2CN1CC(=O)Nc1ccc2c(c1)OCO2. The number of nitrogens with zero attached hydrogens (tertiary/aromatic N) is 1. The first-order valence-corrected chi connectivity index (χ1v) is 8.72. The average molecular weight is 368 g/mol. The predicted octanol–water partition coefficient (Wildman–Crippen LogP) is 1.95. The molecule has 7 heteroatoms. The van der Waals surface area contributed by atoms with Gasteiger partial charge in [0.2, 0.25) is 12.7 Å². The van der Waals surface area contributed by atoms with Crippen molar-refractivity contribution in [2.24, 2.45) is 0 Å². The average Bonchev–Trinajstić information content (AvgIpc) is 3.14. The first-order chi connectivity index (χ1) is 13.1. The van der Waals surface area contributed by atoms with E-state index in [9.17, 15) is 9.59 Å². The van der Waals surface area contributed by atoms with Gasteiger partial charge in [-0.05, 0) is 29.7 Å². The van der Waals surface area contributed by atoms with Gasteiger partial charge in [0.25, 0.3) is 0 Å². The van der Waals surface area contributed by atoms with Crippen molar-refractivity contribution in [1.29, 1.82) is 0 Å². The van der Waals surface area contributed by atoms with Crippen LogP contribution in [0.4, 0.5) is 5.69 Å². The summed E-state index contributed by atoms with van der Waals surface area (Å²) in [6.45, 7) is 0.785. The van der Waals surface area contributed by atoms with Crippen LogP contribution in [0.1, 0.15) is 11.1 Å². The van der Waals surface area contributed by atoms with Gasteiger partial charge in [-0.1, -0.05) is 24.3 Å². The molecular weight excluding hydrogens is 348 g/mol. The van der Waals surface area contributed by atoms with E-state index < -0.39 is 6.04 Å². The number of carbonyl (C=O) groups excluding carboxylic acids is 2. The smallest absolute Gasteiger partial charge is 0.323 e. The molecule has 2 aromatic rings. The number of hydrogen-bond donors (Lipinski definition) is 1. The Labute approximate surface area is 156 Å². The maximum absolute atomic E-state index is 12.6. The largest absolute Gasteiger partial charge is 0.468 e. The Hall–Kier alpha value is -3.06. The fraction of sp³-hybridized carbons (Fsp3) is 0.300. The molecule has 0 bridgehead atoms. The van der Waals surface area contributed by atoms with Crippen LogP contribution in [0.2, 0.25) is 0 Å². The molecule has 0 aliphatic carbocycles. The standard InChI is InChI=1S/C20H20N2O5/c1-25-20(24)16-8-13-4-2-3-5-14(13)10-22(16)11-19(23)21-15-6-7-17-18(9-15)27-12-26-17/h2-7,9,16H,8,10-12H2,1H3,(H,21,23)/t16-/m1/s1. The molecule has 0 spiro atoms. The van der Waals surface area contributed by atoms with Gasteiger partial charge in [-0.15, -0.1) is 0 Å². The molecule has 7 nitrogen and oxygen atoms in total. The summed E-state index contributed by atoms with van der Waals surface area (Å²) >= 11 is 0. The van der Waals surface area contributed by atoms with Crippen LogP contribution in [0, 0.1) is 0 Å². The Morgan fingerprint density at radius 3 is 2.74 bits per heavy atom. The monoisotopic (exact) mass is 368 g/mol. The molecular formula is C20H20N2O5. The van der Waals surface area contributed by atoms with Gasteiger partial charge in [-0.3, -0.25) is 14.5 Å². The highest BCUT2D eigenvalue weighted by Gasteiger charge is 2.33. The number of carbonyl (C=O) groups is 2. The van der Waals surface area contributed by atoms with Crippen LogP contribution in [-0.2, 0) is 27.3 Å². The van der Waals surface area contributed by atoms with Crippen molar-refractivity contribution in [3.63, 3.8) is 0 Å². The molecule has 0 saturated heterocycles. The van der Waals surface area contributed by atoms with E-state index in [1.165, 1.54) is 7.11 Å². The van der Waals surface area contributed by atoms with Crippen LogP contribution < -0.4 is 14.8 Å². The molecule has 0 saturated carbocycles. The summed E-state index contributed by atoms with van der Waals surface area (Å²) < 4.78 is 15.5. The van der Waals surface area contributed by atoms with Gasteiger partial charge < -0.3 is 19.5 Å². The Morgan fingerprint density at radius 2 is 1.93 bits per heavy atom. The lowest BCUT2D eigenvalue weighted by Gasteiger charge is -2.34. The lowest BCUT2D eigenvalue weighted by atomic mass is 9.94. The van der Waals surface area contributed by atoms with Crippen molar-refractivity contribution >= 4 is 17.6 Å².